The topological polar surface area (TPSA) is 52.4 Å². The van der Waals surface area contributed by atoms with E-state index in [1.807, 2.05) is 0 Å². The first-order chi connectivity index (χ1) is 9.92. The van der Waals surface area contributed by atoms with Crippen molar-refractivity contribution >= 4 is 49.1 Å². The van der Waals surface area contributed by atoms with Gasteiger partial charge in [-0.1, -0.05) is 33.6 Å². The fourth-order valence-corrected chi connectivity index (χ4v) is 2.49. The zero-order valence-electron chi connectivity index (χ0n) is 10.3. The molecular weight excluding hydrogens is 432 g/mol. The lowest BCUT2D eigenvalue weighted by atomic mass is 10.2. The third-order valence-electron chi connectivity index (χ3n) is 2.57. The molecule has 0 unspecified atom stereocenters. The normalized spacial score (nSPS) is 10.5. The van der Waals surface area contributed by atoms with Crippen LogP contribution in [0.1, 0.15) is 5.56 Å². The summed E-state index contributed by atoms with van der Waals surface area (Å²) in [4.78, 5) is 10.4. The van der Waals surface area contributed by atoms with E-state index < -0.39 is 10.7 Å². The van der Waals surface area contributed by atoms with Crippen molar-refractivity contribution in [2.24, 2.45) is 0 Å². The molecule has 8 heteroatoms. The van der Waals surface area contributed by atoms with Crippen molar-refractivity contribution in [1.82, 2.24) is 0 Å². The molecule has 2 aromatic rings. The Morgan fingerprint density at radius 3 is 2.57 bits per heavy atom. The second-order valence-corrected chi connectivity index (χ2v) is 5.81. The molecule has 2 rings (SSSR count). The highest BCUT2D eigenvalue weighted by Crippen LogP contribution is 2.38. The maximum absolute atomic E-state index is 13.6. The molecular formula is C13H7Br2ClFNO3. The Labute approximate surface area is 141 Å². The molecule has 0 fully saturated rings. The summed E-state index contributed by atoms with van der Waals surface area (Å²) in [5.41, 5.74) is 0.563. The largest absolute Gasteiger partial charge is 0.448 e. The molecule has 0 aliphatic carbocycles. The van der Waals surface area contributed by atoms with Crippen LogP contribution in [0.5, 0.6) is 11.5 Å². The van der Waals surface area contributed by atoms with E-state index in [4.69, 9.17) is 16.3 Å². The van der Waals surface area contributed by atoms with E-state index in [1.54, 1.807) is 18.2 Å². The van der Waals surface area contributed by atoms with Gasteiger partial charge in [0.15, 0.2) is 0 Å². The van der Waals surface area contributed by atoms with E-state index >= 15 is 0 Å². The van der Waals surface area contributed by atoms with Crippen molar-refractivity contribution in [1.29, 1.82) is 0 Å². The van der Waals surface area contributed by atoms with Gasteiger partial charge in [0.05, 0.1) is 14.4 Å². The van der Waals surface area contributed by atoms with Crippen LogP contribution in [0.2, 0.25) is 5.02 Å². The van der Waals surface area contributed by atoms with Crippen LogP contribution in [-0.4, -0.2) is 4.92 Å². The second kappa shape index (κ2) is 6.72. The first-order valence-electron chi connectivity index (χ1n) is 5.58. The van der Waals surface area contributed by atoms with Gasteiger partial charge < -0.3 is 4.74 Å². The molecule has 0 heterocycles. The minimum atomic E-state index is -0.663. The third-order valence-corrected chi connectivity index (χ3v) is 4.12. The Bertz CT molecular complexity index is 712. The van der Waals surface area contributed by atoms with Crippen LogP contribution < -0.4 is 4.74 Å². The maximum atomic E-state index is 13.6. The highest BCUT2D eigenvalue weighted by molar-refractivity contribution is 9.10. The molecule has 0 spiro atoms. The smallest absolute Gasteiger partial charge is 0.312 e. The predicted octanol–water partition coefficient (Wildman–Crippen LogP) is 5.84. The molecule has 21 heavy (non-hydrogen) atoms. The molecule has 2 aromatic carbocycles. The summed E-state index contributed by atoms with van der Waals surface area (Å²) in [5, 5.41) is 11.9. The number of benzene rings is 2. The van der Waals surface area contributed by atoms with E-state index in [-0.39, 0.29) is 26.7 Å². The van der Waals surface area contributed by atoms with Crippen LogP contribution in [0.15, 0.2) is 34.8 Å². The third kappa shape index (κ3) is 3.72. The molecule has 4 nitrogen and oxygen atoms in total. The van der Waals surface area contributed by atoms with Gasteiger partial charge in [-0.25, -0.2) is 4.39 Å². The minimum absolute atomic E-state index is 0.0118. The summed E-state index contributed by atoms with van der Waals surface area (Å²) in [6.07, 6.45) is 0. The number of hydrogen-bond donors (Lipinski definition) is 0. The molecule has 0 saturated heterocycles. The summed E-state index contributed by atoms with van der Waals surface area (Å²) in [6, 6.07) is 6.97. The highest BCUT2D eigenvalue weighted by atomic mass is 79.9. The van der Waals surface area contributed by atoms with E-state index in [0.29, 0.717) is 5.33 Å². The zero-order valence-corrected chi connectivity index (χ0v) is 14.2. The Hall–Kier alpha value is -1.18. The molecule has 0 atom stereocenters. The van der Waals surface area contributed by atoms with Crippen molar-refractivity contribution in [3.05, 3.63) is 61.3 Å². The first-order valence-corrected chi connectivity index (χ1v) is 7.87. The molecule has 0 aliphatic heterocycles. The molecule has 0 N–H and O–H groups in total. The van der Waals surface area contributed by atoms with E-state index in [1.165, 1.54) is 0 Å². The molecule has 0 saturated carbocycles. The van der Waals surface area contributed by atoms with Gasteiger partial charge in [-0.15, -0.1) is 0 Å². The Kier molecular flexibility index (Phi) is 5.18. The van der Waals surface area contributed by atoms with E-state index in [9.17, 15) is 14.5 Å². The number of nitrogens with zero attached hydrogens (tertiary/aromatic N) is 1. The molecule has 0 aliphatic rings. The summed E-state index contributed by atoms with van der Waals surface area (Å²) in [6.45, 7) is 0. The van der Waals surface area contributed by atoms with Crippen molar-refractivity contribution in [3.8, 4) is 11.5 Å². The average Bonchev–Trinajstić information content (AvgIpc) is 2.44. The van der Waals surface area contributed by atoms with Crippen LogP contribution in [0.4, 0.5) is 10.1 Å². The number of nitro benzene ring substituents is 1. The van der Waals surface area contributed by atoms with Crippen molar-refractivity contribution < 1.29 is 14.1 Å². The van der Waals surface area contributed by atoms with Gasteiger partial charge in [-0.2, -0.15) is 0 Å². The van der Waals surface area contributed by atoms with Crippen molar-refractivity contribution in [3.63, 3.8) is 0 Å². The Morgan fingerprint density at radius 2 is 2.00 bits per heavy atom. The fourth-order valence-electron chi connectivity index (χ4n) is 1.57. The average molecular weight is 439 g/mol. The number of nitro groups is 1. The van der Waals surface area contributed by atoms with Gasteiger partial charge in [-0.3, -0.25) is 10.1 Å². The van der Waals surface area contributed by atoms with Crippen LogP contribution in [0.25, 0.3) is 0 Å². The molecule has 0 amide bonds. The van der Waals surface area contributed by atoms with Gasteiger partial charge >= 0.3 is 5.69 Å². The van der Waals surface area contributed by atoms with Crippen LogP contribution in [0.3, 0.4) is 0 Å². The van der Waals surface area contributed by atoms with Gasteiger partial charge in [0.1, 0.15) is 11.6 Å². The van der Waals surface area contributed by atoms with Crippen LogP contribution in [0, 0.1) is 15.9 Å². The fraction of sp³-hybridized carbons (Fsp3) is 0.0769. The van der Waals surface area contributed by atoms with Gasteiger partial charge in [0.2, 0.25) is 5.75 Å². The molecule has 110 valence electrons. The highest BCUT2D eigenvalue weighted by Gasteiger charge is 2.20. The number of hydrogen-bond acceptors (Lipinski definition) is 3. The molecule has 0 bridgehead atoms. The minimum Gasteiger partial charge on any atom is -0.448 e. The second-order valence-electron chi connectivity index (χ2n) is 3.99. The number of alkyl halides is 1. The standard InChI is InChI=1S/C13H7Br2ClFNO3/c14-6-7-1-2-12(9(16)3-7)21-13-5-10(17)8(15)4-11(13)18(19)20/h1-5H,6H2. The van der Waals surface area contributed by atoms with E-state index in [0.717, 1.165) is 17.7 Å². The Balaban J connectivity index is 2.43. The van der Waals surface area contributed by atoms with Crippen molar-refractivity contribution in [2.45, 2.75) is 5.33 Å². The predicted molar refractivity (Wildman–Crippen MR) is 84.9 cm³/mol. The molecule has 0 radical (unpaired) electrons. The summed E-state index contributed by atoms with van der Waals surface area (Å²) in [5.74, 6) is -0.663. The maximum Gasteiger partial charge on any atom is 0.312 e. The number of halogens is 4. The number of ether oxygens (including phenoxy) is 1. The van der Waals surface area contributed by atoms with Gasteiger partial charge in [-0.05, 0) is 33.6 Å². The lowest BCUT2D eigenvalue weighted by Gasteiger charge is -2.09. The van der Waals surface area contributed by atoms with Gasteiger partial charge in [0.25, 0.3) is 0 Å². The van der Waals surface area contributed by atoms with Crippen LogP contribution >= 0.6 is 43.5 Å². The quantitative estimate of drug-likeness (QED) is 0.342. The van der Waals surface area contributed by atoms with Gasteiger partial charge in [0, 0.05) is 17.5 Å². The lowest BCUT2D eigenvalue weighted by Crippen LogP contribution is -1.96. The SMILES string of the molecule is O=[N+]([O-])c1cc(Br)c(F)cc1Oc1ccc(CBr)cc1Cl. The zero-order chi connectivity index (χ0) is 15.6. The van der Waals surface area contributed by atoms with E-state index in [2.05, 4.69) is 31.9 Å². The summed E-state index contributed by atoms with van der Waals surface area (Å²) in [7, 11) is 0. The molecule has 0 aromatic heterocycles. The monoisotopic (exact) mass is 437 g/mol. The Morgan fingerprint density at radius 1 is 1.29 bits per heavy atom. The summed E-state index contributed by atoms with van der Waals surface area (Å²) < 4.78 is 18.9. The van der Waals surface area contributed by atoms with Crippen LogP contribution in [-0.2, 0) is 5.33 Å². The van der Waals surface area contributed by atoms with Crippen molar-refractivity contribution in [2.75, 3.05) is 0 Å². The first kappa shape index (κ1) is 16.2. The summed E-state index contributed by atoms with van der Waals surface area (Å²) >= 11 is 12.2. The number of rotatable bonds is 4. The lowest BCUT2D eigenvalue weighted by molar-refractivity contribution is -0.385.